The van der Waals surface area contributed by atoms with Crippen LogP contribution in [0.25, 0.3) is 11.3 Å². The van der Waals surface area contributed by atoms with E-state index in [-0.39, 0.29) is 5.91 Å². The normalized spacial score (nSPS) is 17.9. The minimum atomic E-state index is 0.141. The standard InChI is InChI=1S/C17H22N4O3/c1-23-15-5-4-13(9-16(15)24-2)14-11-21(20-19-14)10-12-3-6-17(22)18-8-7-12/h4-5,9,11-12H,3,6-8,10H2,1-2H3,(H,18,22). The van der Waals surface area contributed by atoms with Crippen LogP contribution < -0.4 is 14.8 Å². The molecular weight excluding hydrogens is 308 g/mol. The Balaban J connectivity index is 1.72. The molecule has 1 aromatic heterocycles. The van der Waals surface area contributed by atoms with Crippen molar-refractivity contribution in [2.24, 2.45) is 5.92 Å². The van der Waals surface area contributed by atoms with Crippen molar-refractivity contribution in [1.29, 1.82) is 0 Å². The zero-order valence-corrected chi connectivity index (χ0v) is 14.0. The molecule has 128 valence electrons. The molecule has 1 aromatic carbocycles. The van der Waals surface area contributed by atoms with Crippen molar-refractivity contribution in [3.8, 4) is 22.8 Å². The summed E-state index contributed by atoms with van der Waals surface area (Å²) in [6.45, 7) is 1.51. The van der Waals surface area contributed by atoms with Gasteiger partial charge in [-0.1, -0.05) is 5.21 Å². The zero-order chi connectivity index (χ0) is 16.9. The molecule has 1 aliphatic heterocycles. The summed E-state index contributed by atoms with van der Waals surface area (Å²) in [7, 11) is 3.22. The van der Waals surface area contributed by atoms with Crippen LogP contribution in [-0.2, 0) is 11.3 Å². The fraction of sp³-hybridized carbons (Fsp3) is 0.471. The lowest BCUT2D eigenvalue weighted by Crippen LogP contribution is -2.21. The highest BCUT2D eigenvalue weighted by molar-refractivity contribution is 5.76. The Bertz CT molecular complexity index is 714. The lowest BCUT2D eigenvalue weighted by Gasteiger charge is -2.12. The van der Waals surface area contributed by atoms with E-state index in [0.29, 0.717) is 23.8 Å². The van der Waals surface area contributed by atoms with Gasteiger partial charge in [-0.05, 0) is 37.0 Å². The van der Waals surface area contributed by atoms with Gasteiger partial charge in [-0.2, -0.15) is 0 Å². The van der Waals surface area contributed by atoms with Crippen LogP contribution in [-0.4, -0.2) is 41.7 Å². The van der Waals surface area contributed by atoms with E-state index in [1.807, 2.05) is 29.1 Å². The highest BCUT2D eigenvalue weighted by Gasteiger charge is 2.17. The lowest BCUT2D eigenvalue weighted by molar-refractivity contribution is -0.120. The summed E-state index contributed by atoms with van der Waals surface area (Å²) in [5.41, 5.74) is 1.72. The summed E-state index contributed by atoms with van der Waals surface area (Å²) in [5.74, 6) is 1.92. The predicted octanol–water partition coefficient (Wildman–Crippen LogP) is 1.88. The third-order valence-corrected chi connectivity index (χ3v) is 4.32. The van der Waals surface area contributed by atoms with Crippen LogP contribution in [0.4, 0.5) is 0 Å². The maximum Gasteiger partial charge on any atom is 0.220 e. The molecule has 1 fully saturated rings. The van der Waals surface area contributed by atoms with E-state index >= 15 is 0 Å². The number of rotatable bonds is 5. The lowest BCUT2D eigenvalue weighted by atomic mass is 10.0. The number of amides is 1. The number of carbonyl (C=O) groups excluding carboxylic acids is 1. The molecule has 1 unspecified atom stereocenters. The molecule has 1 N–H and O–H groups in total. The summed E-state index contributed by atoms with van der Waals surface area (Å²) in [4.78, 5) is 11.4. The highest BCUT2D eigenvalue weighted by Crippen LogP contribution is 2.31. The molecule has 0 aliphatic carbocycles. The number of nitrogens with zero attached hydrogens (tertiary/aromatic N) is 3. The predicted molar refractivity (Wildman–Crippen MR) is 88.9 cm³/mol. The van der Waals surface area contributed by atoms with Crippen LogP contribution in [0.3, 0.4) is 0 Å². The molecule has 1 amide bonds. The molecule has 2 aromatic rings. The fourth-order valence-electron chi connectivity index (χ4n) is 2.95. The first-order chi connectivity index (χ1) is 11.7. The van der Waals surface area contributed by atoms with Gasteiger partial charge in [0.15, 0.2) is 11.5 Å². The van der Waals surface area contributed by atoms with Gasteiger partial charge in [-0.3, -0.25) is 9.48 Å². The average Bonchev–Trinajstić information content (AvgIpc) is 2.97. The fourth-order valence-corrected chi connectivity index (χ4v) is 2.95. The van der Waals surface area contributed by atoms with Crippen molar-refractivity contribution in [3.63, 3.8) is 0 Å². The number of carbonyl (C=O) groups is 1. The number of hydrogen-bond donors (Lipinski definition) is 1. The first-order valence-electron chi connectivity index (χ1n) is 8.09. The molecule has 7 nitrogen and oxygen atoms in total. The van der Waals surface area contributed by atoms with Gasteiger partial charge in [0.25, 0.3) is 0 Å². The molecule has 2 heterocycles. The van der Waals surface area contributed by atoms with Gasteiger partial charge >= 0.3 is 0 Å². The van der Waals surface area contributed by atoms with Gasteiger partial charge in [0, 0.05) is 25.1 Å². The van der Waals surface area contributed by atoms with Crippen LogP contribution in [0.2, 0.25) is 0 Å². The molecule has 3 rings (SSSR count). The van der Waals surface area contributed by atoms with Crippen LogP contribution in [0.5, 0.6) is 11.5 Å². The first kappa shape index (κ1) is 16.3. The van der Waals surface area contributed by atoms with Gasteiger partial charge in [0.05, 0.1) is 20.4 Å². The summed E-state index contributed by atoms with van der Waals surface area (Å²) < 4.78 is 12.4. The van der Waals surface area contributed by atoms with Crippen LogP contribution >= 0.6 is 0 Å². The molecule has 0 radical (unpaired) electrons. The van der Waals surface area contributed by atoms with Crippen LogP contribution in [0.15, 0.2) is 24.4 Å². The highest BCUT2D eigenvalue weighted by atomic mass is 16.5. The summed E-state index contributed by atoms with van der Waals surface area (Å²) in [6.07, 6.45) is 4.37. The van der Waals surface area contributed by atoms with E-state index in [1.54, 1.807) is 14.2 Å². The molecule has 0 spiro atoms. The number of methoxy groups -OCH3 is 2. The van der Waals surface area contributed by atoms with E-state index in [0.717, 1.165) is 37.2 Å². The van der Waals surface area contributed by atoms with Gasteiger partial charge in [0.1, 0.15) is 5.69 Å². The Morgan fingerprint density at radius 3 is 2.88 bits per heavy atom. The third kappa shape index (κ3) is 3.67. The van der Waals surface area contributed by atoms with Gasteiger partial charge in [-0.15, -0.1) is 5.10 Å². The second-order valence-corrected chi connectivity index (χ2v) is 5.94. The van der Waals surface area contributed by atoms with E-state index in [1.165, 1.54) is 0 Å². The van der Waals surface area contributed by atoms with Crippen LogP contribution in [0.1, 0.15) is 19.3 Å². The van der Waals surface area contributed by atoms with E-state index in [9.17, 15) is 4.79 Å². The Hall–Kier alpha value is -2.57. The largest absolute Gasteiger partial charge is 0.493 e. The van der Waals surface area contributed by atoms with Crippen molar-refractivity contribution in [2.45, 2.75) is 25.8 Å². The number of hydrogen-bond acceptors (Lipinski definition) is 5. The number of nitrogens with one attached hydrogen (secondary N) is 1. The molecular formula is C17H22N4O3. The number of aromatic nitrogens is 3. The van der Waals surface area contributed by atoms with Gasteiger partial charge < -0.3 is 14.8 Å². The quantitative estimate of drug-likeness (QED) is 0.905. The van der Waals surface area contributed by atoms with Crippen molar-refractivity contribution < 1.29 is 14.3 Å². The number of benzene rings is 1. The van der Waals surface area contributed by atoms with Crippen molar-refractivity contribution in [2.75, 3.05) is 20.8 Å². The third-order valence-electron chi connectivity index (χ3n) is 4.32. The Kier molecular flexibility index (Phi) is 4.98. The minimum Gasteiger partial charge on any atom is -0.493 e. The van der Waals surface area contributed by atoms with E-state index in [2.05, 4.69) is 15.6 Å². The van der Waals surface area contributed by atoms with Gasteiger partial charge in [0.2, 0.25) is 5.91 Å². The summed E-state index contributed by atoms with van der Waals surface area (Å²) in [6, 6.07) is 5.68. The first-order valence-corrected chi connectivity index (χ1v) is 8.09. The minimum absolute atomic E-state index is 0.141. The van der Waals surface area contributed by atoms with E-state index in [4.69, 9.17) is 9.47 Å². The van der Waals surface area contributed by atoms with Crippen molar-refractivity contribution in [1.82, 2.24) is 20.3 Å². The molecule has 24 heavy (non-hydrogen) atoms. The Morgan fingerprint density at radius 2 is 2.08 bits per heavy atom. The van der Waals surface area contributed by atoms with Crippen molar-refractivity contribution in [3.05, 3.63) is 24.4 Å². The maximum atomic E-state index is 11.4. The van der Waals surface area contributed by atoms with Gasteiger partial charge in [-0.25, -0.2) is 0 Å². The summed E-state index contributed by atoms with van der Waals surface area (Å²) >= 11 is 0. The van der Waals surface area contributed by atoms with Crippen LogP contribution in [0, 0.1) is 5.92 Å². The maximum absolute atomic E-state index is 11.4. The molecule has 1 saturated heterocycles. The monoisotopic (exact) mass is 330 g/mol. The Morgan fingerprint density at radius 1 is 1.25 bits per heavy atom. The SMILES string of the molecule is COc1ccc(-c2cn(CC3CCNC(=O)CC3)nn2)cc1OC. The average molecular weight is 330 g/mol. The van der Waals surface area contributed by atoms with Crippen molar-refractivity contribution >= 4 is 5.91 Å². The second-order valence-electron chi connectivity index (χ2n) is 5.94. The molecule has 7 heteroatoms. The molecule has 1 atom stereocenters. The molecule has 1 aliphatic rings. The zero-order valence-electron chi connectivity index (χ0n) is 14.0. The van der Waals surface area contributed by atoms with E-state index < -0.39 is 0 Å². The molecule has 0 saturated carbocycles. The topological polar surface area (TPSA) is 78.3 Å². The summed E-state index contributed by atoms with van der Waals surface area (Å²) in [5, 5.41) is 11.4. The molecule has 0 bridgehead atoms. The number of ether oxygens (including phenoxy) is 2. The smallest absolute Gasteiger partial charge is 0.220 e. The second kappa shape index (κ2) is 7.33. The Labute approximate surface area is 141 Å².